The lowest BCUT2D eigenvalue weighted by molar-refractivity contribution is 0.601. The number of aromatic nitrogens is 4. The highest BCUT2D eigenvalue weighted by atomic mass is 32.2. The molecule has 9 heteroatoms. The van der Waals surface area contributed by atoms with Crippen molar-refractivity contribution in [2.75, 3.05) is 6.26 Å². The Morgan fingerprint density at radius 1 is 1.00 bits per heavy atom. The Kier molecular flexibility index (Phi) is 4.83. The first-order valence-electron chi connectivity index (χ1n) is 8.95. The van der Waals surface area contributed by atoms with E-state index in [1.807, 2.05) is 0 Å². The molecule has 0 atom stereocenters. The Morgan fingerprint density at radius 2 is 1.80 bits per heavy atom. The monoisotopic (exact) mass is 424 g/mol. The van der Waals surface area contributed by atoms with Gasteiger partial charge in [0, 0.05) is 18.5 Å². The number of hydrogen-bond acceptors (Lipinski definition) is 5. The molecule has 0 bridgehead atoms. The Balaban J connectivity index is 1.84. The molecule has 7 nitrogen and oxygen atoms in total. The molecule has 0 unspecified atom stereocenters. The Bertz CT molecular complexity index is 1420. The van der Waals surface area contributed by atoms with Crippen molar-refractivity contribution < 1.29 is 12.8 Å². The van der Waals surface area contributed by atoms with E-state index in [1.54, 1.807) is 37.3 Å². The molecular formula is C21H17FN4O3S. The lowest BCUT2D eigenvalue weighted by Crippen LogP contribution is -2.15. The minimum Gasteiger partial charge on any atom is -0.287 e. The van der Waals surface area contributed by atoms with E-state index in [4.69, 9.17) is 0 Å². The van der Waals surface area contributed by atoms with Crippen LogP contribution in [0.25, 0.3) is 22.8 Å². The fourth-order valence-electron chi connectivity index (χ4n) is 2.99. The van der Waals surface area contributed by atoms with Crippen LogP contribution < -0.4 is 5.43 Å². The number of aryl methyl sites for hydroxylation is 1. The summed E-state index contributed by atoms with van der Waals surface area (Å²) in [6, 6.07) is 13.9. The molecule has 4 rings (SSSR count). The second-order valence-electron chi connectivity index (χ2n) is 6.80. The highest BCUT2D eigenvalue weighted by Crippen LogP contribution is 2.21. The molecule has 4 aromatic rings. The summed E-state index contributed by atoms with van der Waals surface area (Å²) in [4.78, 5) is 12.7. The predicted molar refractivity (Wildman–Crippen MR) is 110 cm³/mol. The van der Waals surface area contributed by atoms with Gasteiger partial charge in [0.1, 0.15) is 5.82 Å². The van der Waals surface area contributed by atoms with Gasteiger partial charge in [0.25, 0.3) is 0 Å². The number of halogens is 1. The normalized spacial score (nSPS) is 11.6. The number of nitrogens with zero attached hydrogens (tertiary/aromatic N) is 4. The second-order valence-corrected chi connectivity index (χ2v) is 8.82. The van der Waals surface area contributed by atoms with Gasteiger partial charge in [-0.1, -0.05) is 12.1 Å². The number of rotatable bonds is 4. The van der Waals surface area contributed by atoms with Crippen molar-refractivity contribution >= 4 is 9.84 Å². The summed E-state index contributed by atoms with van der Waals surface area (Å²) in [6.07, 6.45) is 4.07. The highest BCUT2D eigenvalue weighted by molar-refractivity contribution is 7.90. The molecule has 0 amide bonds. The Labute approximate surface area is 172 Å². The van der Waals surface area contributed by atoms with E-state index in [0.717, 1.165) is 6.26 Å². The SMILES string of the molecule is Cc1ccc(-n2nccc2-c2nn(-c3cccc(S(C)(=O)=O)c3)ccc2=O)cc1F. The van der Waals surface area contributed by atoms with E-state index in [-0.39, 0.29) is 21.8 Å². The van der Waals surface area contributed by atoms with Crippen molar-refractivity contribution in [3.05, 3.63) is 88.6 Å². The van der Waals surface area contributed by atoms with Gasteiger partial charge in [-0.3, -0.25) is 4.79 Å². The van der Waals surface area contributed by atoms with Crippen LogP contribution in [-0.4, -0.2) is 34.2 Å². The van der Waals surface area contributed by atoms with Crippen molar-refractivity contribution in [2.45, 2.75) is 11.8 Å². The summed E-state index contributed by atoms with van der Waals surface area (Å²) >= 11 is 0. The summed E-state index contributed by atoms with van der Waals surface area (Å²) in [5, 5.41) is 8.60. The molecule has 2 heterocycles. The van der Waals surface area contributed by atoms with E-state index >= 15 is 0 Å². The molecule has 0 aliphatic heterocycles. The molecule has 0 aliphatic rings. The number of benzene rings is 2. The minimum atomic E-state index is -3.40. The summed E-state index contributed by atoms with van der Waals surface area (Å²) in [7, 11) is -3.40. The lowest BCUT2D eigenvalue weighted by atomic mass is 10.2. The standard InChI is InChI=1S/C21H17FN4O3S/c1-14-6-7-16(13-18(14)22)26-19(8-10-23-26)21-20(27)9-11-25(24-21)15-4-3-5-17(12-15)30(2,28)29/h3-13H,1-2H3. The van der Waals surface area contributed by atoms with E-state index < -0.39 is 9.84 Å². The molecule has 152 valence electrons. The average Bonchev–Trinajstić information content (AvgIpc) is 3.19. The lowest BCUT2D eigenvalue weighted by Gasteiger charge is -2.11. The van der Waals surface area contributed by atoms with Crippen LogP contribution in [0, 0.1) is 12.7 Å². The molecule has 2 aromatic carbocycles. The number of sulfone groups is 1. The third-order valence-electron chi connectivity index (χ3n) is 4.60. The van der Waals surface area contributed by atoms with Gasteiger partial charge >= 0.3 is 0 Å². The third kappa shape index (κ3) is 3.67. The Morgan fingerprint density at radius 3 is 2.53 bits per heavy atom. The van der Waals surface area contributed by atoms with Gasteiger partial charge in [0.15, 0.2) is 15.5 Å². The third-order valence-corrected chi connectivity index (χ3v) is 5.71. The topological polar surface area (TPSA) is 86.8 Å². The van der Waals surface area contributed by atoms with Gasteiger partial charge in [-0.2, -0.15) is 10.2 Å². The van der Waals surface area contributed by atoms with E-state index in [1.165, 1.54) is 46.0 Å². The molecule has 2 aromatic heterocycles. The first-order valence-corrected chi connectivity index (χ1v) is 10.8. The molecule has 0 saturated heterocycles. The van der Waals surface area contributed by atoms with Crippen LogP contribution in [0.5, 0.6) is 0 Å². The summed E-state index contributed by atoms with van der Waals surface area (Å²) in [5.41, 5.74) is 1.57. The summed E-state index contributed by atoms with van der Waals surface area (Å²) < 4.78 is 40.6. The first kappa shape index (κ1) is 19.7. The van der Waals surface area contributed by atoms with Gasteiger partial charge in [-0.25, -0.2) is 22.2 Å². The van der Waals surface area contributed by atoms with Gasteiger partial charge < -0.3 is 0 Å². The Hall–Kier alpha value is -3.59. The van der Waals surface area contributed by atoms with Crippen molar-refractivity contribution in [1.29, 1.82) is 0 Å². The zero-order valence-corrected chi connectivity index (χ0v) is 17.0. The fraction of sp³-hybridized carbons (Fsp3) is 0.0952. The summed E-state index contributed by atoms with van der Waals surface area (Å²) in [5.74, 6) is -0.384. The smallest absolute Gasteiger partial charge is 0.209 e. The molecule has 0 saturated carbocycles. The first-order chi connectivity index (χ1) is 14.2. The molecule has 0 aliphatic carbocycles. The van der Waals surface area contributed by atoms with Crippen molar-refractivity contribution in [1.82, 2.24) is 19.6 Å². The molecule has 0 spiro atoms. The zero-order chi connectivity index (χ0) is 21.5. The largest absolute Gasteiger partial charge is 0.287 e. The van der Waals surface area contributed by atoms with Gasteiger partial charge in [0.2, 0.25) is 5.43 Å². The van der Waals surface area contributed by atoms with Crippen LogP contribution in [0.4, 0.5) is 4.39 Å². The van der Waals surface area contributed by atoms with Crippen molar-refractivity contribution in [3.63, 3.8) is 0 Å². The molecular weight excluding hydrogens is 407 g/mol. The molecule has 0 N–H and O–H groups in total. The van der Waals surface area contributed by atoms with Gasteiger partial charge in [0.05, 0.1) is 28.2 Å². The van der Waals surface area contributed by atoms with Crippen LogP contribution in [0.3, 0.4) is 0 Å². The predicted octanol–water partition coefficient (Wildman–Crippen LogP) is 2.94. The molecule has 0 fully saturated rings. The molecule has 30 heavy (non-hydrogen) atoms. The van der Waals surface area contributed by atoms with Crippen LogP contribution >= 0.6 is 0 Å². The zero-order valence-electron chi connectivity index (χ0n) is 16.2. The maximum absolute atomic E-state index is 14.0. The van der Waals surface area contributed by atoms with Crippen LogP contribution in [0.2, 0.25) is 0 Å². The van der Waals surface area contributed by atoms with Crippen LogP contribution in [0.15, 0.2) is 76.7 Å². The second kappa shape index (κ2) is 7.34. The van der Waals surface area contributed by atoms with Crippen molar-refractivity contribution in [2.24, 2.45) is 0 Å². The van der Waals surface area contributed by atoms with Crippen LogP contribution in [-0.2, 0) is 9.84 Å². The molecule has 0 radical (unpaired) electrons. The minimum absolute atomic E-state index is 0.0979. The van der Waals surface area contributed by atoms with E-state index in [9.17, 15) is 17.6 Å². The van der Waals surface area contributed by atoms with Crippen LogP contribution in [0.1, 0.15) is 5.56 Å². The highest BCUT2D eigenvalue weighted by Gasteiger charge is 2.15. The quantitative estimate of drug-likeness (QED) is 0.503. The average molecular weight is 424 g/mol. The fourth-order valence-corrected chi connectivity index (χ4v) is 3.65. The van der Waals surface area contributed by atoms with E-state index in [0.29, 0.717) is 22.6 Å². The summed E-state index contributed by atoms with van der Waals surface area (Å²) in [6.45, 7) is 1.66. The number of hydrogen-bond donors (Lipinski definition) is 0. The van der Waals surface area contributed by atoms with Gasteiger partial charge in [-0.15, -0.1) is 0 Å². The van der Waals surface area contributed by atoms with E-state index in [2.05, 4.69) is 10.2 Å². The maximum Gasteiger partial charge on any atom is 0.209 e. The van der Waals surface area contributed by atoms with Gasteiger partial charge in [-0.05, 0) is 48.9 Å². The maximum atomic E-state index is 14.0. The van der Waals surface area contributed by atoms with Crippen molar-refractivity contribution in [3.8, 4) is 22.8 Å².